The molecule has 0 aliphatic carbocycles. The maximum absolute atomic E-state index is 12.6. The number of hydrogen-bond donors (Lipinski definition) is 1. The lowest BCUT2D eigenvalue weighted by Crippen LogP contribution is -2.06. The van der Waals surface area contributed by atoms with E-state index in [9.17, 15) is 4.79 Å². The average Bonchev–Trinajstić information content (AvgIpc) is 2.58. The first-order valence-corrected chi connectivity index (χ1v) is 6.38. The predicted molar refractivity (Wildman–Crippen MR) is 80.7 cm³/mol. The lowest BCUT2D eigenvalue weighted by Gasteiger charge is -2.08. The molecule has 20 heavy (non-hydrogen) atoms. The Hall–Kier alpha value is -1.84. The van der Waals surface area contributed by atoms with E-state index in [1.54, 1.807) is 0 Å². The Kier molecular flexibility index (Phi) is 4.42. The minimum Gasteiger partial charge on any atom is -0.488 e. The van der Waals surface area contributed by atoms with Gasteiger partial charge in [-0.25, -0.2) is 0 Å². The molecule has 3 rings (SSSR count). The molecule has 3 nitrogen and oxygen atoms in total. The zero-order valence-corrected chi connectivity index (χ0v) is 11.8. The molecule has 0 saturated carbocycles. The van der Waals surface area contributed by atoms with Crippen LogP contribution in [0.15, 0.2) is 42.5 Å². The Balaban J connectivity index is 0.00000147. The van der Waals surface area contributed by atoms with Gasteiger partial charge >= 0.3 is 0 Å². The van der Waals surface area contributed by atoms with Gasteiger partial charge < -0.3 is 10.5 Å². The van der Waals surface area contributed by atoms with E-state index in [2.05, 4.69) is 0 Å². The van der Waals surface area contributed by atoms with E-state index in [0.717, 1.165) is 23.1 Å². The van der Waals surface area contributed by atoms with Crippen LogP contribution in [0.1, 0.15) is 27.0 Å². The summed E-state index contributed by atoms with van der Waals surface area (Å²) >= 11 is 0. The molecule has 0 fully saturated rings. The highest BCUT2D eigenvalue weighted by Crippen LogP contribution is 2.29. The summed E-state index contributed by atoms with van der Waals surface area (Å²) in [4.78, 5) is 12.6. The van der Waals surface area contributed by atoms with Gasteiger partial charge in [-0.15, -0.1) is 12.4 Å². The van der Waals surface area contributed by atoms with Gasteiger partial charge in [0.1, 0.15) is 12.4 Å². The van der Waals surface area contributed by atoms with Crippen LogP contribution in [0.5, 0.6) is 5.75 Å². The highest BCUT2D eigenvalue weighted by molar-refractivity contribution is 6.12. The summed E-state index contributed by atoms with van der Waals surface area (Å²) in [7, 11) is 0. The van der Waals surface area contributed by atoms with Gasteiger partial charge in [0.2, 0.25) is 0 Å². The molecule has 1 aliphatic rings. The number of carbonyl (C=O) groups excluding carboxylic acids is 1. The fraction of sp³-hybridized carbons (Fsp3) is 0.188. The fourth-order valence-electron chi connectivity index (χ4n) is 2.37. The predicted octanol–water partition coefficient (Wildman–Crippen LogP) is 2.73. The smallest absolute Gasteiger partial charge is 0.197 e. The van der Waals surface area contributed by atoms with Gasteiger partial charge in [-0.3, -0.25) is 4.79 Å². The van der Waals surface area contributed by atoms with Crippen molar-refractivity contribution in [3.8, 4) is 5.75 Å². The second-order valence-corrected chi connectivity index (χ2v) is 4.64. The molecule has 0 amide bonds. The molecule has 2 aromatic rings. The molecule has 0 spiro atoms. The van der Waals surface area contributed by atoms with E-state index in [1.807, 2.05) is 42.5 Å². The molecule has 0 atom stereocenters. The Morgan fingerprint density at radius 2 is 1.90 bits per heavy atom. The van der Waals surface area contributed by atoms with Gasteiger partial charge in [0, 0.05) is 11.1 Å². The summed E-state index contributed by atoms with van der Waals surface area (Å²) in [5, 5.41) is 0. The molecule has 1 heterocycles. The number of fused-ring (bicyclic) bond motifs is 2. The van der Waals surface area contributed by atoms with Crippen LogP contribution in [-0.2, 0) is 13.0 Å². The first-order chi connectivity index (χ1) is 9.29. The van der Waals surface area contributed by atoms with Crippen LogP contribution >= 0.6 is 12.4 Å². The zero-order chi connectivity index (χ0) is 13.2. The summed E-state index contributed by atoms with van der Waals surface area (Å²) < 4.78 is 5.73. The van der Waals surface area contributed by atoms with Crippen molar-refractivity contribution >= 4 is 18.2 Å². The molecular weight excluding hydrogens is 274 g/mol. The number of nitrogens with two attached hydrogens (primary N) is 1. The highest BCUT2D eigenvalue weighted by atomic mass is 35.5. The van der Waals surface area contributed by atoms with Crippen LogP contribution in [0.4, 0.5) is 0 Å². The molecule has 2 N–H and O–H groups in total. The SMILES string of the molecule is Cl.NCCc1ccc2c(c1)C(=O)c1ccccc1CO2. The van der Waals surface area contributed by atoms with Crippen LogP contribution in [0.2, 0.25) is 0 Å². The summed E-state index contributed by atoms with van der Waals surface area (Å²) in [6, 6.07) is 13.3. The molecule has 0 saturated heterocycles. The van der Waals surface area contributed by atoms with Gasteiger partial charge in [0.25, 0.3) is 0 Å². The van der Waals surface area contributed by atoms with Crippen molar-refractivity contribution in [1.82, 2.24) is 0 Å². The van der Waals surface area contributed by atoms with Crippen molar-refractivity contribution in [2.24, 2.45) is 5.73 Å². The van der Waals surface area contributed by atoms with Crippen molar-refractivity contribution in [3.63, 3.8) is 0 Å². The van der Waals surface area contributed by atoms with E-state index < -0.39 is 0 Å². The zero-order valence-electron chi connectivity index (χ0n) is 11.0. The number of benzene rings is 2. The lowest BCUT2D eigenvalue weighted by molar-refractivity contribution is 0.103. The molecule has 4 heteroatoms. The maximum atomic E-state index is 12.6. The second-order valence-electron chi connectivity index (χ2n) is 4.64. The molecule has 0 bridgehead atoms. The van der Waals surface area contributed by atoms with E-state index in [1.165, 1.54) is 0 Å². The summed E-state index contributed by atoms with van der Waals surface area (Å²) in [5.41, 5.74) is 8.93. The Morgan fingerprint density at radius 1 is 1.10 bits per heavy atom. The molecule has 0 radical (unpaired) electrons. The van der Waals surface area contributed by atoms with Crippen molar-refractivity contribution < 1.29 is 9.53 Å². The summed E-state index contributed by atoms with van der Waals surface area (Å²) in [6.07, 6.45) is 0.766. The third kappa shape index (κ3) is 2.55. The van der Waals surface area contributed by atoms with Crippen LogP contribution in [0.3, 0.4) is 0 Å². The largest absolute Gasteiger partial charge is 0.488 e. The minimum absolute atomic E-state index is 0. The topological polar surface area (TPSA) is 52.3 Å². The average molecular weight is 290 g/mol. The van der Waals surface area contributed by atoms with Crippen molar-refractivity contribution in [2.75, 3.05) is 6.54 Å². The third-order valence-electron chi connectivity index (χ3n) is 3.37. The minimum atomic E-state index is 0. The normalized spacial score (nSPS) is 12.6. The Bertz CT molecular complexity index is 640. The number of ether oxygens (including phenoxy) is 1. The summed E-state index contributed by atoms with van der Waals surface area (Å²) in [6.45, 7) is 1.01. The van der Waals surface area contributed by atoms with Gasteiger partial charge in [-0.05, 0) is 30.7 Å². The lowest BCUT2D eigenvalue weighted by atomic mass is 9.97. The third-order valence-corrected chi connectivity index (χ3v) is 3.37. The monoisotopic (exact) mass is 289 g/mol. The number of carbonyl (C=O) groups is 1. The van der Waals surface area contributed by atoms with Gasteiger partial charge in [-0.2, -0.15) is 0 Å². The second kappa shape index (κ2) is 6.07. The number of rotatable bonds is 2. The molecule has 104 valence electrons. The highest BCUT2D eigenvalue weighted by Gasteiger charge is 2.21. The molecule has 2 aromatic carbocycles. The van der Waals surface area contributed by atoms with Crippen molar-refractivity contribution in [1.29, 1.82) is 0 Å². The maximum Gasteiger partial charge on any atom is 0.197 e. The number of halogens is 1. The fourth-order valence-corrected chi connectivity index (χ4v) is 2.37. The Morgan fingerprint density at radius 3 is 2.70 bits per heavy atom. The standard InChI is InChI=1S/C16H15NO2.ClH/c17-8-7-11-5-6-15-14(9-11)16(18)13-4-2-1-3-12(13)10-19-15;/h1-6,9H,7-8,10,17H2;1H. The quantitative estimate of drug-likeness (QED) is 0.925. The van der Waals surface area contributed by atoms with E-state index >= 15 is 0 Å². The van der Waals surface area contributed by atoms with Crippen LogP contribution in [0.25, 0.3) is 0 Å². The van der Waals surface area contributed by atoms with Crippen molar-refractivity contribution in [3.05, 3.63) is 64.7 Å². The van der Waals surface area contributed by atoms with E-state index in [0.29, 0.717) is 24.5 Å². The van der Waals surface area contributed by atoms with Crippen LogP contribution in [-0.4, -0.2) is 12.3 Å². The van der Waals surface area contributed by atoms with Gasteiger partial charge in [0.05, 0.1) is 5.56 Å². The molecule has 1 aliphatic heterocycles. The molecule has 0 unspecified atom stereocenters. The van der Waals surface area contributed by atoms with Crippen LogP contribution in [0, 0.1) is 0 Å². The number of hydrogen-bond acceptors (Lipinski definition) is 3. The van der Waals surface area contributed by atoms with Crippen molar-refractivity contribution in [2.45, 2.75) is 13.0 Å². The van der Waals surface area contributed by atoms with E-state index in [-0.39, 0.29) is 18.2 Å². The first-order valence-electron chi connectivity index (χ1n) is 6.38. The molecule has 0 aromatic heterocycles. The van der Waals surface area contributed by atoms with Crippen LogP contribution < -0.4 is 10.5 Å². The number of ketones is 1. The van der Waals surface area contributed by atoms with Gasteiger partial charge in [-0.1, -0.05) is 30.3 Å². The Labute approximate surface area is 124 Å². The summed E-state index contributed by atoms with van der Waals surface area (Å²) in [5.74, 6) is 0.684. The van der Waals surface area contributed by atoms with E-state index in [4.69, 9.17) is 10.5 Å². The first kappa shape index (κ1) is 14.6. The van der Waals surface area contributed by atoms with Gasteiger partial charge in [0.15, 0.2) is 5.78 Å². The molecular formula is C16H16ClNO2.